The highest BCUT2D eigenvalue weighted by Crippen LogP contribution is 2.46. The first-order valence-corrected chi connectivity index (χ1v) is 12.8. The van der Waals surface area contributed by atoms with E-state index in [2.05, 4.69) is 37.3 Å². The summed E-state index contributed by atoms with van der Waals surface area (Å²) in [5.74, 6) is 1.50. The second-order valence-electron chi connectivity index (χ2n) is 8.27. The fourth-order valence-electron chi connectivity index (χ4n) is 5.36. The molecule has 2 heteroatoms. The molecule has 3 rings (SSSR count). The Morgan fingerprint density at radius 2 is 1.62 bits per heavy atom. The zero-order valence-corrected chi connectivity index (χ0v) is 16.4. The summed E-state index contributed by atoms with van der Waals surface area (Å²) in [6, 6.07) is 13.8. The molecule has 0 N–H and O–H groups in total. The molecule has 0 atom stereocenters. The van der Waals surface area contributed by atoms with Crippen LogP contribution in [0.25, 0.3) is 0 Å². The molecule has 0 unspecified atom stereocenters. The van der Waals surface area contributed by atoms with E-state index >= 15 is 0 Å². The predicted molar refractivity (Wildman–Crippen MR) is 106 cm³/mol. The van der Waals surface area contributed by atoms with Gasteiger partial charge in [0.2, 0.25) is 0 Å². The number of Topliss-reactive ketones (excluding diaryl/α,β-unsaturated/α-hetero) is 1. The smallest absolute Gasteiger partial charge is 0.132 e. The van der Waals surface area contributed by atoms with Crippen molar-refractivity contribution in [3.05, 3.63) is 30.3 Å². The summed E-state index contributed by atoms with van der Waals surface area (Å²) in [7, 11) is -1.49. The minimum atomic E-state index is -1.49. The molecule has 1 nitrogen and oxygen atoms in total. The monoisotopic (exact) mass is 342 g/mol. The molecule has 1 heterocycles. The Morgan fingerprint density at radius 1 is 0.958 bits per heavy atom. The van der Waals surface area contributed by atoms with Crippen molar-refractivity contribution in [2.45, 2.75) is 88.8 Å². The molecule has 1 saturated carbocycles. The fourth-order valence-corrected chi connectivity index (χ4v) is 11.2. The van der Waals surface area contributed by atoms with Gasteiger partial charge in [0, 0.05) is 12.8 Å². The Bertz CT molecular complexity index is 506. The molecule has 0 aromatic heterocycles. The molecular formula is C22H34OSi. The first-order valence-electron chi connectivity index (χ1n) is 10.3. The van der Waals surface area contributed by atoms with Crippen LogP contribution in [0.1, 0.15) is 71.1 Å². The summed E-state index contributed by atoms with van der Waals surface area (Å²) in [5, 5.41) is 1.65. The molecule has 24 heavy (non-hydrogen) atoms. The molecule has 132 valence electrons. The molecule has 1 aromatic carbocycles. The van der Waals surface area contributed by atoms with Gasteiger partial charge in [0.15, 0.2) is 0 Å². The van der Waals surface area contributed by atoms with E-state index in [0.717, 1.165) is 24.3 Å². The number of hydrogen-bond acceptors (Lipinski definition) is 1. The molecule has 1 aromatic rings. The number of rotatable bonds is 6. The van der Waals surface area contributed by atoms with Crippen molar-refractivity contribution in [3.8, 4) is 0 Å². The van der Waals surface area contributed by atoms with E-state index in [1.807, 2.05) is 0 Å². The quantitative estimate of drug-likeness (QED) is 0.468. The van der Waals surface area contributed by atoms with Crippen molar-refractivity contribution in [2.75, 3.05) is 0 Å². The molecule has 1 aliphatic heterocycles. The summed E-state index contributed by atoms with van der Waals surface area (Å²) in [4.78, 5) is 11.9. The molecule has 0 spiro atoms. The van der Waals surface area contributed by atoms with Gasteiger partial charge in [-0.05, 0) is 23.5 Å². The van der Waals surface area contributed by atoms with Gasteiger partial charge in [-0.15, -0.1) is 0 Å². The third-order valence-electron chi connectivity index (χ3n) is 6.89. The van der Waals surface area contributed by atoms with Crippen LogP contribution >= 0.6 is 0 Å². The van der Waals surface area contributed by atoms with Gasteiger partial charge in [-0.25, -0.2) is 0 Å². The van der Waals surface area contributed by atoms with Crippen LogP contribution < -0.4 is 5.19 Å². The minimum absolute atomic E-state index is 0.516. The standard InChI is InChI=1S/C22H34OSi/c1-2-3-5-8-19-11-13-22(14-12-19)24(17-15-20(23)16-18-24)21-9-6-4-7-10-21/h4,6-7,9-10,19,22H,2-3,5,8,11-18H2,1H3. The Morgan fingerprint density at radius 3 is 2.25 bits per heavy atom. The third-order valence-corrected chi connectivity index (χ3v) is 12.8. The van der Waals surface area contributed by atoms with Gasteiger partial charge in [0.25, 0.3) is 0 Å². The summed E-state index contributed by atoms with van der Waals surface area (Å²) in [6.45, 7) is 2.30. The lowest BCUT2D eigenvalue weighted by molar-refractivity contribution is -0.118. The summed E-state index contributed by atoms with van der Waals surface area (Å²) in [6.07, 6.45) is 13.1. The van der Waals surface area contributed by atoms with Crippen LogP contribution in [0.4, 0.5) is 0 Å². The lowest BCUT2D eigenvalue weighted by Crippen LogP contribution is -2.54. The molecule has 0 amide bonds. The molecular weight excluding hydrogens is 308 g/mol. The van der Waals surface area contributed by atoms with E-state index in [0.29, 0.717) is 5.78 Å². The van der Waals surface area contributed by atoms with Gasteiger partial charge in [0.05, 0.1) is 8.07 Å². The lowest BCUT2D eigenvalue weighted by Gasteiger charge is -2.45. The first-order chi connectivity index (χ1) is 11.7. The zero-order valence-electron chi connectivity index (χ0n) is 15.4. The van der Waals surface area contributed by atoms with Gasteiger partial charge in [-0.1, -0.05) is 93.8 Å². The Balaban J connectivity index is 1.68. The molecule has 0 radical (unpaired) electrons. The van der Waals surface area contributed by atoms with Crippen molar-refractivity contribution < 1.29 is 4.79 Å². The normalized spacial score (nSPS) is 27.1. The Hall–Kier alpha value is -0.893. The second-order valence-corrected chi connectivity index (χ2v) is 13.0. The zero-order chi connectivity index (χ0) is 16.8. The summed E-state index contributed by atoms with van der Waals surface area (Å²) >= 11 is 0. The van der Waals surface area contributed by atoms with Gasteiger partial charge in [0.1, 0.15) is 5.78 Å². The topological polar surface area (TPSA) is 17.1 Å². The Kier molecular flexibility index (Phi) is 6.32. The van der Waals surface area contributed by atoms with Gasteiger partial charge in [-0.3, -0.25) is 4.79 Å². The van der Waals surface area contributed by atoms with Crippen LogP contribution in [-0.2, 0) is 4.79 Å². The van der Waals surface area contributed by atoms with Crippen LogP contribution in [0.3, 0.4) is 0 Å². The maximum Gasteiger partial charge on any atom is 0.132 e. The number of unbranched alkanes of at least 4 members (excludes halogenated alkanes) is 2. The summed E-state index contributed by atoms with van der Waals surface area (Å²) in [5.41, 5.74) is 0.926. The van der Waals surface area contributed by atoms with Crippen LogP contribution in [0.2, 0.25) is 17.6 Å². The van der Waals surface area contributed by atoms with Crippen molar-refractivity contribution in [2.24, 2.45) is 5.92 Å². The van der Waals surface area contributed by atoms with Crippen molar-refractivity contribution >= 4 is 19.0 Å². The summed E-state index contributed by atoms with van der Waals surface area (Å²) < 4.78 is 0. The molecule has 2 fully saturated rings. The average Bonchev–Trinajstić information content (AvgIpc) is 2.64. The SMILES string of the molecule is CCCCCC1CCC([Si]2(c3ccccc3)CCC(=O)CC2)CC1. The van der Waals surface area contributed by atoms with Crippen molar-refractivity contribution in [1.29, 1.82) is 0 Å². The van der Waals surface area contributed by atoms with Crippen molar-refractivity contribution in [1.82, 2.24) is 0 Å². The fraction of sp³-hybridized carbons (Fsp3) is 0.682. The number of hydrogen-bond donors (Lipinski definition) is 0. The average molecular weight is 343 g/mol. The van der Waals surface area contributed by atoms with E-state index in [1.165, 1.54) is 63.5 Å². The van der Waals surface area contributed by atoms with E-state index in [1.54, 1.807) is 5.19 Å². The number of carbonyl (C=O) groups is 1. The molecule has 1 aliphatic carbocycles. The highest BCUT2D eigenvalue weighted by molar-refractivity contribution is 6.93. The second kappa shape index (κ2) is 8.47. The third kappa shape index (κ3) is 4.01. The largest absolute Gasteiger partial charge is 0.300 e. The highest BCUT2D eigenvalue weighted by Gasteiger charge is 2.45. The van der Waals surface area contributed by atoms with E-state index in [4.69, 9.17) is 0 Å². The van der Waals surface area contributed by atoms with Crippen LogP contribution in [0.5, 0.6) is 0 Å². The number of carbonyl (C=O) groups excluding carboxylic acids is 1. The Labute approximate surface area is 149 Å². The lowest BCUT2D eigenvalue weighted by atomic mass is 9.85. The number of ketones is 1. The van der Waals surface area contributed by atoms with Crippen LogP contribution in [0, 0.1) is 5.92 Å². The van der Waals surface area contributed by atoms with Gasteiger partial charge in [-0.2, -0.15) is 0 Å². The maximum absolute atomic E-state index is 11.9. The maximum atomic E-state index is 11.9. The van der Waals surface area contributed by atoms with E-state index in [9.17, 15) is 4.79 Å². The van der Waals surface area contributed by atoms with Crippen LogP contribution in [-0.4, -0.2) is 13.9 Å². The molecule has 0 bridgehead atoms. The predicted octanol–water partition coefficient (Wildman–Crippen LogP) is 5.85. The molecule has 2 aliphatic rings. The van der Waals surface area contributed by atoms with E-state index in [-0.39, 0.29) is 0 Å². The van der Waals surface area contributed by atoms with Gasteiger partial charge < -0.3 is 0 Å². The molecule has 1 saturated heterocycles. The number of benzene rings is 1. The highest BCUT2D eigenvalue weighted by atomic mass is 28.3. The van der Waals surface area contributed by atoms with E-state index < -0.39 is 8.07 Å². The minimum Gasteiger partial charge on any atom is -0.300 e. The first kappa shape index (κ1) is 17.9. The van der Waals surface area contributed by atoms with Crippen LogP contribution in [0.15, 0.2) is 30.3 Å². The van der Waals surface area contributed by atoms with Gasteiger partial charge >= 0.3 is 0 Å². The van der Waals surface area contributed by atoms with Crippen molar-refractivity contribution in [3.63, 3.8) is 0 Å².